The number of rotatable bonds is 4. The van der Waals surface area contributed by atoms with Crippen molar-refractivity contribution in [1.82, 2.24) is 0 Å². The summed E-state index contributed by atoms with van der Waals surface area (Å²) in [6.45, 7) is 2.58. The standard InChI is InChI=1S/C18H15NO2S2/c1-2-21-15-10-8-13(9-11-15)12-16-17(20)19(18(22)23-16)14-6-4-3-5-7-14/h3-12H,2H2,1H3. The average molecular weight is 341 g/mol. The van der Waals surface area contributed by atoms with Crippen LogP contribution in [0.3, 0.4) is 0 Å². The number of carbonyl (C=O) groups excluding carboxylic acids is 1. The molecular weight excluding hydrogens is 326 g/mol. The summed E-state index contributed by atoms with van der Waals surface area (Å²) in [6, 6.07) is 17.1. The minimum Gasteiger partial charge on any atom is -0.494 e. The highest BCUT2D eigenvalue weighted by Gasteiger charge is 2.33. The van der Waals surface area contributed by atoms with E-state index in [0.717, 1.165) is 17.0 Å². The minimum atomic E-state index is -0.0833. The van der Waals surface area contributed by atoms with E-state index in [-0.39, 0.29) is 5.91 Å². The maximum atomic E-state index is 12.6. The van der Waals surface area contributed by atoms with Crippen LogP contribution in [-0.4, -0.2) is 16.8 Å². The number of nitrogens with zero attached hydrogens (tertiary/aromatic N) is 1. The molecular formula is C18H15NO2S2. The first-order valence-corrected chi connectivity index (χ1v) is 8.47. The highest BCUT2D eigenvalue weighted by Crippen LogP contribution is 2.35. The van der Waals surface area contributed by atoms with E-state index in [2.05, 4.69) is 0 Å². The molecule has 1 heterocycles. The molecule has 1 amide bonds. The van der Waals surface area contributed by atoms with E-state index in [0.29, 0.717) is 15.8 Å². The van der Waals surface area contributed by atoms with Crippen LogP contribution in [-0.2, 0) is 4.79 Å². The largest absolute Gasteiger partial charge is 0.494 e. The Morgan fingerprint density at radius 2 is 1.83 bits per heavy atom. The van der Waals surface area contributed by atoms with Crippen molar-refractivity contribution < 1.29 is 9.53 Å². The lowest BCUT2D eigenvalue weighted by Crippen LogP contribution is -2.27. The Kier molecular flexibility index (Phi) is 4.79. The number of para-hydroxylation sites is 1. The maximum Gasteiger partial charge on any atom is 0.270 e. The van der Waals surface area contributed by atoms with Crippen molar-refractivity contribution in [3.8, 4) is 5.75 Å². The predicted molar refractivity (Wildman–Crippen MR) is 99.7 cm³/mol. The quantitative estimate of drug-likeness (QED) is 0.605. The van der Waals surface area contributed by atoms with Crippen molar-refractivity contribution in [2.75, 3.05) is 11.5 Å². The summed E-state index contributed by atoms with van der Waals surface area (Å²) in [5.74, 6) is 0.738. The van der Waals surface area contributed by atoms with Crippen molar-refractivity contribution in [2.45, 2.75) is 6.92 Å². The SMILES string of the molecule is CCOc1ccc(C=C2SC(=S)N(c3ccccc3)C2=O)cc1. The molecule has 0 unspecified atom stereocenters. The van der Waals surface area contributed by atoms with Gasteiger partial charge in [-0.3, -0.25) is 9.69 Å². The zero-order valence-corrected chi connectivity index (χ0v) is 14.2. The first kappa shape index (κ1) is 15.8. The van der Waals surface area contributed by atoms with Gasteiger partial charge in [-0.15, -0.1) is 0 Å². The summed E-state index contributed by atoms with van der Waals surface area (Å²) >= 11 is 6.68. The van der Waals surface area contributed by atoms with E-state index < -0.39 is 0 Å². The van der Waals surface area contributed by atoms with Crippen molar-refractivity contribution in [1.29, 1.82) is 0 Å². The van der Waals surface area contributed by atoms with Crippen LogP contribution in [0.1, 0.15) is 12.5 Å². The number of hydrogen-bond acceptors (Lipinski definition) is 4. The second-order valence-corrected chi connectivity index (χ2v) is 6.53. The molecule has 23 heavy (non-hydrogen) atoms. The summed E-state index contributed by atoms with van der Waals surface area (Å²) in [4.78, 5) is 14.8. The number of carbonyl (C=O) groups is 1. The number of thioether (sulfide) groups is 1. The van der Waals surface area contributed by atoms with Crippen LogP contribution >= 0.6 is 24.0 Å². The van der Waals surface area contributed by atoms with Crippen molar-refractivity contribution >= 4 is 46.0 Å². The predicted octanol–water partition coefficient (Wildman–Crippen LogP) is 4.49. The van der Waals surface area contributed by atoms with Gasteiger partial charge in [0.05, 0.1) is 17.2 Å². The van der Waals surface area contributed by atoms with E-state index in [1.807, 2.05) is 67.6 Å². The Bertz CT molecular complexity index is 754. The molecule has 3 nitrogen and oxygen atoms in total. The monoisotopic (exact) mass is 341 g/mol. The van der Waals surface area contributed by atoms with E-state index in [9.17, 15) is 4.79 Å². The van der Waals surface area contributed by atoms with Crippen LogP contribution in [0.15, 0.2) is 59.5 Å². The molecule has 0 atom stereocenters. The summed E-state index contributed by atoms with van der Waals surface area (Å²) in [7, 11) is 0. The smallest absolute Gasteiger partial charge is 0.270 e. The van der Waals surface area contributed by atoms with Gasteiger partial charge < -0.3 is 4.74 Å². The van der Waals surface area contributed by atoms with Gasteiger partial charge in [0.2, 0.25) is 0 Å². The molecule has 0 bridgehead atoms. The Labute approximate surface area is 144 Å². The molecule has 0 N–H and O–H groups in total. The van der Waals surface area contributed by atoms with Gasteiger partial charge in [-0.25, -0.2) is 0 Å². The number of amides is 1. The zero-order valence-electron chi connectivity index (χ0n) is 12.6. The average Bonchev–Trinajstić information content (AvgIpc) is 2.84. The van der Waals surface area contributed by atoms with E-state index >= 15 is 0 Å². The van der Waals surface area contributed by atoms with Gasteiger partial charge in [-0.1, -0.05) is 54.3 Å². The molecule has 0 aliphatic carbocycles. The second-order valence-electron chi connectivity index (χ2n) is 4.85. The van der Waals surface area contributed by atoms with E-state index in [1.54, 1.807) is 4.90 Å². The molecule has 2 aromatic rings. The summed E-state index contributed by atoms with van der Waals surface area (Å²) in [6.07, 6.45) is 1.86. The lowest BCUT2D eigenvalue weighted by molar-refractivity contribution is -0.113. The third-order valence-electron chi connectivity index (χ3n) is 3.30. The Morgan fingerprint density at radius 3 is 2.48 bits per heavy atom. The number of thiocarbonyl (C=S) groups is 1. The van der Waals surface area contributed by atoms with Gasteiger partial charge >= 0.3 is 0 Å². The summed E-state index contributed by atoms with van der Waals surface area (Å²) in [5.41, 5.74) is 1.74. The Morgan fingerprint density at radius 1 is 1.13 bits per heavy atom. The van der Waals surface area contributed by atoms with Gasteiger partial charge in [0.15, 0.2) is 4.32 Å². The van der Waals surface area contributed by atoms with Crippen molar-refractivity contribution in [2.24, 2.45) is 0 Å². The van der Waals surface area contributed by atoms with Gasteiger partial charge in [0, 0.05) is 0 Å². The topological polar surface area (TPSA) is 29.5 Å². The third-order valence-corrected chi connectivity index (χ3v) is 4.60. The van der Waals surface area contributed by atoms with Gasteiger partial charge in [-0.05, 0) is 42.8 Å². The molecule has 5 heteroatoms. The molecule has 1 aliphatic rings. The molecule has 116 valence electrons. The Hall–Kier alpha value is -2.11. The fourth-order valence-electron chi connectivity index (χ4n) is 2.25. The van der Waals surface area contributed by atoms with E-state index in [4.69, 9.17) is 17.0 Å². The normalized spacial score (nSPS) is 16.2. The maximum absolute atomic E-state index is 12.6. The number of ether oxygens (including phenoxy) is 1. The van der Waals surface area contributed by atoms with Crippen LogP contribution in [0, 0.1) is 0 Å². The molecule has 1 saturated heterocycles. The van der Waals surface area contributed by atoms with Crippen LogP contribution in [0.5, 0.6) is 5.75 Å². The van der Waals surface area contributed by atoms with Crippen LogP contribution in [0.2, 0.25) is 0 Å². The molecule has 1 fully saturated rings. The van der Waals surface area contributed by atoms with Gasteiger partial charge in [0.25, 0.3) is 5.91 Å². The lowest BCUT2D eigenvalue weighted by atomic mass is 10.2. The molecule has 1 aliphatic heterocycles. The molecule has 3 rings (SSSR count). The van der Waals surface area contributed by atoms with Crippen molar-refractivity contribution in [3.63, 3.8) is 0 Å². The van der Waals surface area contributed by atoms with Crippen LogP contribution in [0.25, 0.3) is 6.08 Å². The molecule has 0 spiro atoms. The van der Waals surface area contributed by atoms with Crippen LogP contribution < -0.4 is 9.64 Å². The first-order valence-electron chi connectivity index (χ1n) is 7.25. The summed E-state index contributed by atoms with van der Waals surface area (Å²) in [5, 5.41) is 0. The lowest BCUT2D eigenvalue weighted by Gasteiger charge is -2.13. The zero-order chi connectivity index (χ0) is 16.2. The van der Waals surface area contributed by atoms with Crippen LogP contribution in [0.4, 0.5) is 5.69 Å². The fraction of sp³-hybridized carbons (Fsp3) is 0.111. The third kappa shape index (κ3) is 3.46. The molecule has 0 saturated carbocycles. The Balaban J connectivity index is 1.84. The minimum absolute atomic E-state index is 0.0833. The number of benzene rings is 2. The van der Waals surface area contributed by atoms with Gasteiger partial charge in [-0.2, -0.15) is 0 Å². The first-order chi connectivity index (χ1) is 11.2. The number of hydrogen-bond donors (Lipinski definition) is 0. The summed E-state index contributed by atoms with van der Waals surface area (Å²) < 4.78 is 5.98. The van der Waals surface area contributed by atoms with E-state index in [1.165, 1.54) is 11.8 Å². The second kappa shape index (κ2) is 6.98. The molecule has 0 radical (unpaired) electrons. The number of anilines is 1. The fourth-order valence-corrected chi connectivity index (χ4v) is 3.54. The highest BCUT2D eigenvalue weighted by atomic mass is 32.2. The molecule has 0 aromatic heterocycles. The molecule has 2 aromatic carbocycles. The van der Waals surface area contributed by atoms with Crippen molar-refractivity contribution in [3.05, 3.63) is 65.1 Å². The highest BCUT2D eigenvalue weighted by molar-refractivity contribution is 8.27. The van der Waals surface area contributed by atoms with Gasteiger partial charge in [0.1, 0.15) is 5.75 Å².